The summed E-state index contributed by atoms with van der Waals surface area (Å²) >= 11 is 0. The number of benzene rings is 3. The summed E-state index contributed by atoms with van der Waals surface area (Å²) in [7, 11) is -0.400. The van der Waals surface area contributed by atoms with Gasteiger partial charge in [0.05, 0.1) is 17.2 Å². The first kappa shape index (κ1) is 21.0. The van der Waals surface area contributed by atoms with Gasteiger partial charge in [0, 0.05) is 28.1 Å². The van der Waals surface area contributed by atoms with E-state index in [1.54, 1.807) is 0 Å². The number of para-hydroxylation sites is 1. The molecule has 1 aromatic heterocycles. The van der Waals surface area contributed by atoms with Gasteiger partial charge in [-0.1, -0.05) is 54.6 Å². The van der Waals surface area contributed by atoms with Crippen LogP contribution in [0.25, 0.3) is 21.9 Å². The highest BCUT2D eigenvalue weighted by Gasteiger charge is 2.51. The number of rotatable bonds is 2. The van der Waals surface area contributed by atoms with Gasteiger partial charge in [0.1, 0.15) is 11.2 Å². The van der Waals surface area contributed by atoms with E-state index in [9.17, 15) is 0 Å². The molecule has 35 heavy (non-hydrogen) atoms. The second kappa shape index (κ2) is 7.13. The van der Waals surface area contributed by atoms with Gasteiger partial charge in [0.2, 0.25) is 0 Å². The molecule has 0 radical (unpaired) electrons. The lowest BCUT2D eigenvalue weighted by Crippen LogP contribution is -2.41. The van der Waals surface area contributed by atoms with Crippen molar-refractivity contribution in [3.05, 3.63) is 90.5 Å². The minimum Gasteiger partial charge on any atom is -0.456 e. The topological polar surface area (TPSA) is 34.8 Å². The highest BCUT2D eigenvalue weighted by atomic mass is 16.7. The van der Waals surface area contributed by atoms with Crippen LogP contribution in [0.3, 0.4) is 0 Å². The Balaban J connectivity index is 1.34. The fourth-order valence-electron chi connectivity index (χ4n) is 5.65. The van der Waals surface area contributed by atoms with Crippen molar-refractivity contribution in [2.45, 2.75) is 50.9 Å². The molecule has 1 aliphatic carbocycles. The summed E-state index contributed by atoms with van der Waals surface area (Å²) in [6.07, 6.45) is 8.93. The van der Waals surface area contributed by atoms with Crippen LogP contribution in [-0.4, -0.2) is 24.4 Å². The molecule has 0 saturated carbocycles. The Hall–Kier alpha value is -3.28. The van der Waals surface area contributed by atoms with Gasteiger partial charge in [-0.3, -0.25) is 0 Å². The fourth-order valence-corrected chi connectivity index (χ4v) is 5.65. The van der Waals surface area contributed by atoms with Crippen LogP contribution in [0.2, 0.25) is 0 Å². The molecular formula is C30H28BNO3. The standard InChI is InChI=1S/C30H28BNO3/c1-29(2)30(3,4)35-31(34-29)19-13-15-27-23(17-19)24-18-20(14-16-28(24)33-27)32-25-11-7-5-9-21(25)22-10-6-8-12-26(22)32/h5-18,21,25H,1-4H3. The maximum Gasteiger partial charge on any atom is 0.494 e. The molecular weight excluding hydrogens is 433 g/mol. The fraction of sp³-hybridized carbons (Fsp3) is 0.267. The summed E-state index contributed by atoms with van der Waals surface area (Å²) in [5.74, 6) is 0.364. The Morgan fingerprint density at radius 2 is 1.46 bits per heavy atom. The van der Waals surface area contributed by atoms with Crippen molar-refractivity contribution in [3.63, 3.8) is 0 Å². The van der Waals surface area contributed by atoms with Gasteiger partial charge < -0.3 is 18.6 Å². The Bertz CT molecular complexity index is 1530. The van der Waals surface area contributed by atoms with Crippen LogP contribution in [0.15, 0.2) is 89.4 Å². The Morgan fingerprint density at radius 3 is 2.26 bits per heavy atom. The van der Waals surface area contributed by atoms with Crippen LogP contribution in [0.4, 0.5) is 11.4 Å². The van der Waals surface area contributed by atoms with Crippen molar-refractivity contribution >= 4 is 45.9 Å². The van der Waals surface area contributed by atoms with E-state index in [-0.39, 0.29) is 17.2 Å². The second-order valence-corrected chi connectivity index (χ2v) is 10.8. The molecule has 0 N–H and O–H groups in total. The van der Waals surface area contributed by atoms with Gasteiger partial charge in [-0.2, -0.15) is 0 Å². The average molecular weight is 461 g/mol. The van der Waals surface area contributed by atoms with Crippen LogP contribution in [0, 0.1) is 0 Å². The molecule has 3 aromatic carbocycles. The monoisotopic (exact) mass is 461 g/mol. The molecule has 0 amide bonds. The van der Waals surface area contributed by atoms with E-state index in [4.69, 9.17) is 13.7 Å². The molecule has 4 aromatic rings. The maximum absolute atomic E-state index is 6.32. The zero-order valence-electron chi connectivity index (χ0n) is 20.5. The largest absolute Gasteiger partial charge is 0.494 e. The van der Waals surface area contributed by atoms with Gasteiger partial charge in [0.15, 0.2) is 0 Å². The van der Waals surface area contributed by atoms with E-state index >= 15 is 0 Å². The van der Waals surface area contributed by atoms with Crippen molar-refractivity contribution in [2.75, 3.05) is 4.90 Å². The third-order valence-electron chi connectivity index (χ3n) is 8.24. The van der Waals surface area contributed by atoms with Gasteiger partial charge in [0.25, 0.3) is 0 Å². The Morgan fingerprint density at radius 1 is 0.771 bits per heavy atom. The van der Waals surface area contributed by atoms with E-state index < -0.39 is 7.12 Å². The summed E-state index contributed by atoms with van der Waals surface area (Å²) in [5, 5.41) is 2.18. The van der Waals surface area contributed by atoms with Crippen LogP contribution in [0.5, 0.6) is 0 Å². The predicted molar refractivity (Wildman–Crippen MR) is 143 cm³/mol. The van der Waals surface area contributed by atoms with Crippen molar-refractivity contribution < 1.29 is 13.7 Å². The van der Waals surface area contributed by atoms with Gasteiger partial charge in [-0.15, -0.1) is 0 Å². The smallest absolute Gasteiger partial charge is 0.456 e. The molecule has 1 fully saturated rings. The first-order chi connectivity index (χ1) is 16.8. The number of hydrogen-bond acceptors (Lipinski definition) is 4. The molecule has 0 spiro atoms. The highest BCUT2D eigenvalue weighted by Crippen LogP contribution is 2.48. The average Bonchev–Trinajstić information content (AvgIpc) is 3.45. The Kier molecular flexibility index (Phi) is 4.28. The second-order valence-electron chi connectivity index (χ2n) is 10.8. The van der Waals surface area contributed by atoms with Crippen molar-refractivity contribution in [3.8, 4) is 0 Å². The molecule has 2 atom stereocenters. The summed E-state index contributed by atoms with van der Waals surface area (Å²) in [5.41, 5.74) is 5.83. The molecule has 2 aliphatic heterocycles. The molecule has 2 unspecified atom stereocenters. The van der Waals surface area contributed by atoms with Gasteiger partial charge in [-0.05, 0) is 69.1 Å². The third kappa shape index (κ3) is 3.01. The lowest BCUT2D eigenvalue weighted by Gasteiger charge is -2.32. The molecule has 3 aliphatic rings. The first-order valence-corrected chi connectivity index (χ1v) is 12.4. The summed E-state index contributed by atoms with van der Waals surface area (Å²) < 4.78 is 18.9. The minimum atomic E-state index is -0.400. The minimum absolute atomic E-state index is 0.272. The summed E-state index contributed by atoms with van der Waals surface area (Å²) in [4.78, 5) is 2.45. The highest BCUT2D eigenvalue weighted by molar-refractivity contribution is 6.62. The van der Waals surface area contributed by atoms with Gasteiger partial charge in [-0.25, -0.2) is 0 Å². The summed E-state index contributed by atoms with van der Waals surface area (Å²) in [6.45, 7) is 8.34. The summed E-state index contributed by atoms with van der Waals surface area (Å²) in [6, 6.07) is 21.8. The third-order valence-corrected chi connectivity index (χ3v) is 8.24. The maximum atomic E-state index is 6.32. The Labute approximate surface area is 206 Å². The SMILES string of the molecule is CC1(C)OB(c2ccc3oc4ccc(N5c6ccccc6C6C=CC=CC65)cc4c3c2)OC1(C)C. The molecule has 4 nitrogen and oxygen atoms in total. The number of furan rings is 1. The zero-order valence-corrected chi connectivity index (χ0v) is 20.5. The normalized spacial score (nSPS) is 23.9. The molecule has 1 saturated heterocycles. The van der Waals surface area contributed by atoms with Gasteiger partial charge >= 0.3 is 7.12 Å². The predicted octanol–water partition coefficient (Wildman–Crippen LogP) is 6.62. The first-order valence-electron chi connectivity index (χ1n) is 12.4. The van der Waals surface area contributed by atoms with E-state index in [2.05, 4.69) is 105 Å². The molecule has 0 bridgehead atoms. The molecule has 5 heteroatoms. The van der Waals surface area contributed by atoms with Crippen LogP contribution < -0.4 is 10.4 Å². The lowest BCUT2D eigenvalue weighted by molar-refractivity contribution is 0.00578. The number of nitrogens with zero attached hydrogens (tertiary/aromatic N) is 1. The molecule has 7 rings (SSSR count). The van der Waals surface area contributed by atoms with Crippen LogP contribution in [-0.2, 0) is 9.31 Å². The lowest BCUT2D eigenvalue weighted by atomic mass is 9.78. The molecule has 174 valence electrons. The van der Waals surface area contributed by atoms with Crippen LogP contribution >= 0.6 is 0 Å². The van der Waals surface area contributed by atoms with E-state index in [0.29, 0.717) is 5.92 Å². The quantitative estimate of drug-likeness (QED) is 0.315. The number of hydrogen-bond donors (Lipinski definition) is 0. The van der Waals surface area contributed by atoms with Crippen molar-refractivity contribution in [1.29, 1.82) is 0 Å². The van der Waals surface area contributed by atoms with E-state index in [1.165, 1.54) is 16.9 Å². The molecule has 3 heterocycles. The van der Waals surface area contributed by atoms with E-state index in [0.717, 1.165) is 27.4 Å². The number of anilines is 2. The van der Waals surface area contributed by atoms with Crippen molar-refractivity contribution in [2.24, 2.45) is 0 Å². The van der Waals surface area contributed by atoms with Crippen LogP contribution in [0.1, 0.15) is 39.2 Å². The number of fused-ring (bicyclic) bond motifs is 6. The van der Waals surface area contributed by atoms with E-state index in [1.807, 2.05) is 12.1 Å². The number of allylic oxidation sites excluding steroid dienone is 2. The zero-order chi connectivity index (χ0) is 23.9. The van der Waals surface area contributed by atoms with Crippen molar-refractivity contribution in [1.82, 2.24) is 0 Å².